The van der Waals surface area contributed by atoms with Gasteiger partial charge in [0.2, 0.25) is 11.7 Å². The Labute approximate surface area is 163 Å². The zero-order chi connectivity index (χ0) is 17.3. The van der Waals surface area contributed by atoms with Crippen molar-refractivity contribution in [2.75, 3.05) is 13.1 Å². The number of rotatable bonds is 4. The van der Waals surface area contributed by atoms with E-state index >= 15 is 0 Å². The van der Waals surface area contributed by atoms with Gasteiger partial charge in [0, 0.05) is 18.7 Å². The second-order valence-corrected chi connectivity index (χ2v) is 6.71. The van der Waals surface area contributed by atoms with E-state index in [-0.39, 0.29) is 12.4 Å². The third-order valence-electron chi connectivity index (χ3n) is 4.92. The maximum atomic E-state index is 5.49. The van der Waals surface area contributed by atoms with E-state index in [0.29, 0.717) is 11.7 Å². The first-order valence-corrected chi connectivity index (χ1v) is 8.90. The normalized spacial score (nSPS) is 16.5. The Morgan fingerprint density at radius 2 is 2.07 bits per heavy atom. The van der Waals surface area contributed by atoms with Gasteiger partial charge in [-0.15, -0.1) is 12.4 Å². The van der Waals surface area contributed by atoms with Gasteiger partial charge in [-0.05, 0) is 36.7 Å². The Morgan fingerprint density at radius 3 is 2.96 bits per heavy atom. The van der Waals surface area contributed by atoms with Crippen LogP contribution >= 0.6 is 12.4 Å². The predicted molar refractivity (Wildman–Crippen MR) is 106 cm³/mol. The molecule has 0 unspecified atom stereocenters. The molecule has 0 bridgehead atoms. The quantitative estimate of drug-likeness (QED) is 0.584. The fraction of sp³-hybridized carbons (Fsp3) is 0.250. The summed E-state index contributed by atoms with van der Waals surface area (Å²) < 4.78 is 7.64. The molecular formula is C20H20ClN5O. The number of halogens is 1. The van der Waals surface area contributed by atoms with Gasteiger partial charge in [0.05, 0.1) is 23.3 Å². The standard InChI is InChI=1S/C20H19N5O.ClH/c1-2-7-18-17(6-1)22-13-25(18)12-14-4-3-5-15(10-14)19-23-20(26-24-19)16-8-9-21-11-16;/h1-7,10,13,16,21H,8-9,11-12H2;1H/t16-;/m0./s1. The molecule has 0 saturated carbocycles. The van der Waals surface area contributed by atoms with E-state index in [2.05, 4.69) is 43.2 Å². The molecule has 1 saturated heterocycles. The molecule has 5 rings (SSSR count). The molecule has 1 aliphatic heterocycles. The van der Waals surface area contributed by atoms with Crippen molar-refractivity contribution in [3.8, 4) is 11.4 Å². The number of nitrogens with one attached hydrogen (secondary N) is 1. The summed E-state index contributed by atoms with van der Waals surface area (Å²) in [6.45, 7) is 2.68. The molecule has 27 heavy (non-hydrogen) atoms. The molecule has 0 radical (unpaired) electrons. The van der Waals surface area contributed by atoms with Crippen molar-refractivity contribution in [1.29, 1.82) is 0 Å². The molecule has 7 heteroatoms. The van der Waals surface area contributed by atoms with E-state index in [4.69, 9.17) is 4.52 Å². The SMILES string of the molecule is Cl.c1cc(Cn2cnc3ccccc32)cc(-c2noc([C@H]3CCNC3)n2)c1. The first kappa shape index (κ1) is 17.7. The van der Waals surface area contributed by atoms with E-state index < -0.39 is 0 Å². The fourth-order valence-electron chi connectivity index (χ4n) is 3.53. The summed E-state index contributed by atoms with van der Waals surface area (Å²) in [5.41, 5.74) is 4.30. The monoisotopic (exact) mass is 381 g/mol. The Bertz CT molecular complexity index is 1050. The van der Waals surface area contributed by atoms with E-state index in [0.717, 1.165) is 48.5 Å². The van der Waals surface area contributed by atoms with Gasteiger partial charge in [-0.2, -0.15) is 4.98 Å². The molecule has 0 amide bonds. The van der Waals surface area contributed by atoms with Crippen molar-refractivity contribution < 1.29 is 4.52 Å². The van der Waals surface area contributed by atoms with Crippen LogP contribution in [0.2, 0.25) is 0 Å². The molecule has 1 fully saturated rings. The van der Waals surface area contributed by atoms with Crippen LogP contribution in [0.4, 0.5) is 0 Å². The summed E-state index contributed by atoms with van der Waals surface area (Å²) >= 11 is 0. The van der Waals surface area contributed by atoms with Gasteiger partial charge in [-0.3, -0.25) is 0 Å². The number of imidazole rings is 1. The second-order valence-electron chi connectivity index (χ2n) is 6.71. The number of fused-ring (bicyclic) bond motifs is 1. The molecule has 138 valence electrons. The Balaban J connectivity index is 0.00000180. The molecule has 1 N–H and O–H groups in total. The topological polar surface area (TPSA) is 68.8 Å². The van der Waals surface area contributed by atoms with E-state index in [1.165, 1.54) is 5.56 Å². The van der Waals surface area contributed by atoms with Crippen LogP contribution in [0.15, 0.2) is 59.4 Å². The summed E-state index contributed by atoms with van der Waals surface area (Å²) in [6.07, 6.45) is 2.94. The zero-order valence-electron chi connectivity index (χ0n) is 14.7. The molecule has 2 aromatic carbocycles. The maximum Gasteiger partial charge on any atom is 0.231 e. The maximum absolute atomic E-state index is 5.49. The lowest BCUT2D eigenvalue weighted by Crippen LogP contribution is -2.08. The number of hydrogen-bond acceptors (Lipinski definition) is 5. The van der Waals surface area contributed by atoms with Crippen molar-refractivity contribution in [2.45, 2.75) is 18.9 Å². The predicted octanol–water partition coefficient (Wildman–Crippen LogP) is 3.63. The minimum absolute atomic E-state index is 0. The lowest BCUT2D eigenvalue weighted by Gasteiger charge is -2.06. The van der Waals surface area contributed by atoms with Crippen LogP contribution in [-0.4, -0.2) is 32.8 Å². The average molecular weight is 382 g/mol. The van der Waals surface area contributed by atoms with E-state index in [1.54, 1.807) is 0 Å². The van der Waals surface area contributed by atoms with Gasteiger partial charge < -0.3 is 14.4 Å². The number of hydrogen-bond donors (Lipinski definition) is 1. The zero-order valence-corrected chi connectivity index (χ0v) is 15.5. The first-order chi connectivity index (χ1) is 12.9. The molecule has 1 atom stereocenters. The van der Waals surface area contributed by atoms with Crippen LogP contribution in [0.5, 0.6) is 0 Å². The first-order valence-electron chi connectivity index (χ1n) is 8.90. The Morgan fingerprint density at radius 1 is 1.15 bits per heavy atom. The van der Waals surface area contributed by atoms with Crippen molar-refractivity contribution in [3.05, 3.63) is 66.3 Å². The summed E-state index contributed by atoms with van der Waals surface area (Å²) in [7, 11) is 0. The smallest absolute Gasteiger partial charge is 0.231 e. The highest BCUT2D eigenvalue weighted by atomic mass is 35.5. The summed E-state index contributed by atoms with van der Waals surface area (Å²) in [4.78, 5) is 9.07. The molecule has 0 aliphatic carbocycles. The average Bonchev–Trinajstić information content (AvgIpc) is 3.43. The number of aromatic nitrogens is 4. The van der Waals surface area contributed by atoms with Gasteiger partial charge in [-0.1, -0.05) is 35.5 Å². The minimum atomic E-state index is 0. The van der Waals surface area contributed by atoms with E-state index in [1.807, 2.05) is 36.7 Å². The van der Waals surface area contributed by atoms with Crippen molar-refractivity contribution >= 4 is 23.4 Å². The van der Waals surface area contributed by atoms with Gasteiger partial charge >= 0.3 is 0 Å². The third kappa shape index (κ3) is 3.46. The van der Waals surface area contributed by atoms with Gasteiger partial charge in [0.1, 0.15) is 0 Å². The summed E-state index contributed by atoms with van der Waals surface area (Å²) in [6, 6.07) is 16.5. The van der Waals surface area contributed by atoms with Crippen LogP contribution < -0.4 is 5.32 Å². The fourth-order valence-corrected chi connectivity index (χ4v) is 3.53. The van der Waals surface area contributed by atoms with Crippen LogP contribution in [0, 0.1) is 0 Å². The van der Waals surface area contributed by atoms with Crippen LogP contribution in [-0.2, 0) is 6.54 Å². The van der Waals surface area contributed by atoms with Crippen LogP contribution in [0.25, 0.3) is 22.4 Å². The van der Waals surface area contributed by atoms with Crippen LogP contribution in [0.1, 0.15) is 23.8 Å². The molecule has 2 aromatic heterocycles. The Hall–Kier alpha value is -2.70. The lowest BCUT2D eigenvalue weighted by molar-refractivity contribution is 0.359. The summed E-state index contributed by atoms with van der Waals surface area (Å²) in [5, 5.41) is 7.52. The van der Waals surface area contributed by atoms with Crippen molar-refractivity contribution in [2.24, 2.45) is 0 Å². The molecule has 3 heterocycles. The van der Waals surface area contributed by atoms with Crippen LogP contribution in [0.3, 0.4) is 0 Å². The Kier molecular flexibility index (Phi) is 4.92. The second kappa shape index (κ2) is 7.50. The van der Waals surface area contributed by atoms with E-state index in [9.17, 15) is 0 Å². The highest BCUT2D eigenvalue weighted by Gasteiger charge is 2.23. The van der Waals surface area contributed by atoms with Gasteiger partial charge in [-0.25, -0.2) is 4.98 Å². The molecule has 4 aromatic rings. The van der Waals surface area contributed by atoms with Gasteiger partial charge in [0.25, 0.3) is 0 Å². The number of nitrogens with zero attached hydrogens (tertiary/aromatic N) is 4. The van der Waals surface area contributed by atoms with Crippen molar-refractivity contribution in [3.63, 3.8) is 0 Å². The molecular weight excluding hydrogens is 362 g/mol. The van der Waals surface area contributed by atoms with Crippen molar-refractivity contribution in [1.82, 2.24) is 25.0 Å². The molecule has 6 nitrogen and oxygen atoms in total. The lowest BCUT2D eigenvalue weighted by atomic mass is 10.1. The molecule has 1 aliphatic rings. The third-order valence-corrected chi connectivity index (χ3v) is 4.92. The number of benzene rings is 2. The number of para-hydroxylation sites is 2. The largest absolute Gasteiger partial charge is 0.339 e. The highest BCUT2D eigenvalue weighted by molar-refractivity contribution is 5.85. The van der Waals surface area contributed by atoms with Gasteiger partial charge in [0.15, 0.2) is 0 Å². The summed E-state index contributed by atoms with van der Waals surface area (Å²) in [5.74, 6) is 1.72. The molecule has 0 spiro atoms. The minimum Gasteiger partial charge on any atom is -0.339 e. The highest BCUT2D eigenvalue weighted by Crippen LogP contribution is 2.24.